The highest BCUT2D eigenvalue weighted by atomic mass is 32.2. The van der Waals surface area contributed by atoms with Crippen LogP contribution < -0.4 is 10.6 Å². The predicted molar refractivity (Wildman–Crippen MR) is 76.7 cm³/mol. The van der Waals surface area contributed by atoms with Crippen LogP contribution in [-0.4, -0.2) is 31.3 Å². The Balaban J connectivity index is 1.97. The van der Waals surface area contributed by atoms with Crippen LogP contribution in [0.1, 0.15) is 23.7 Å². The van der Waals surface area contributed by atoms with Crippen molar-refractivity contribution in [1.29, 1.82) is 0 Å². The molecule has 0 aromatic heterocycles. The maximum atomic E-state index is 12.3. The van der Waals surface area contributed by atoms with Crippen LogP contribution in [0.15, 0.2) is 30.3 Å². The smallest absolute Gasteiger partial charge is 0.237 e. The zero-order chi connectivity index (χ0) is 12.8. The summed E-state index contributed by atoms with van der Waals surface area (Å²) < 4.78 is 0. The first-order valence-electron chi connectivity index (χ1n) is 6.40. The first-order valence-corrected chi connectivity index (χ1v) is 7.69. The van der Waals surface area contributed by atoms with Gasteiger partial charge in [-0.1, -0.05) is 30.3 Å². The summed E-state index contributed by atoms with van der Waals surface area (Å²) in [5.41, 5.74) is 1.08. The average Bonchev–Trinajstić information content (AvgIpc) is 2.42. The first-order chi connectivity index (χ1) is 8.81. The Morgan fingerprint density at radius 3 is 2.83 bits per heavy atom. The fourth-order valence-corrected chi connectivity index (χ4v) is 2.99. The van der Waals surface area contributed by atoms with Crippen LogP contribution >= 0.6 is 11.8 Å². The number of nitrogens with one attached hydrogen (secondary N) is 2. The summed E-state index contributed by atoms with van der Waals surface area (Å²) in [5, 5.41) is 6.36. The first kappa shape index (κ1) is 13.4. The van der Waals surface area contributed by atoms with E-state index in [2.05, 4.69) is 10.6 Å². The number of amides is 1. The number of benzene rings is 1. The van der Waals surface area contributed by atoms with Crippen molar-refractivity contribution in [1.82, 2.24) is 10.6 Å². The zero-order valence-electron chi connectivity index (χ0n) is 10.7. The normalized spacial score (nSPS) is 21.3. The van der Waals surface area contributed by atoms with Crippen LogP contribution in [0.2, 0.25) is 0 Å². The van der Waals surface area contributed by atoms with E-state index in [4.69, 9.17) is 0 Å². The van der Waals surface area contributed by atoms with E-state index in [1.807, 2.05) is 36.6 Å². The van der Waals surface area contributed by atoms with Crippen molar-refractivity contribution in [3.63, 3.8) is 0 Å². The van der Waals surface area contributed by atoms with E-state index >= 15 is 0 Å². The second-order valence-corrected chi connectivity index (χ2v) is 5.52. The lowest BCUT2D eigenvalue weighted by Gasteiger charge is -2.25. The lowest BCUT2D eigenvalue weighted by Crippen LogP contribution is -2.46. The maximum Gasteiger partial charge on any atom is 0.237 e. The minimum atomic E-state index is -0.104. The highest BCUT2D eigenvalue weighted by Gasteiger charge is 2.22. The van der Waals surface area contributed by atoms with Gasteiger partial charge >= 0.3 is 0 Å². The van der Waals surface area contributed by atoms with Gasteiger partial charge < -0.3 is 10.6 Å². The number of thioether (sulfide) groups is 1. The number of hydrogen-bond acceptors (Lipinski definition) is 3. The van der Waals surface area contributed by atoms with E-state index < -0.39 is 0 Å². The predicted octanol–water partition coefficient (Wildman–Crippen LogP) is 1.96. The molecule has 1 heterocycles. The maximum absolute atomic E-state index is 12.3. The SMILES string of the molecule is CSC(C(=O)NC1CCCNC1)c1ccccc1. The lowest BCUT2D eigenvalue weighted by molar-refractivity contribution is -0.121. The van der Waals surface area contributed by atoms with E-state index in [1.54, 1.807) is 11.8 Å². The van der Waals surface area contributed by atoms with Crippen molar-refractivity contribution in [3.8, 4) is 0 Å². The quantitative estimate of drug-likeness (QED) is 0.873. The third-order valence-electron chi connectivity index (χ3n) is 3.22. The van der Waals surface area contributed by atoms with E-state index in [1.165, 1.54) is 0 Å². The topological polar surface area (TPSA) is 41.1 Å². The van der Waals surface area contributed by atoms with E-state index in [9.17, 15) is 4.79 Å². The number of carbonyl (C=O) groups excluding carboxylic acids is 1. The molecule has 1 fully saturated rings. The highest BCUT2D eigenvalue weighted by Crippen LogP contribution is 2.26. The van der Waals surface area contributed by atoms with Gasteiger partial charge in [0.25, 0.3) is 0 Å². The van der Waals surface area contributed by atoms with Gasteiger partial charge in [-0.15, -0.1) is 11.8 Å². The van der Waals surface area contributed by atoms with Gasteiger partial charge in [-0.2, -0.15) is 0 Å². The molecule has 4 heteroatoms. The third-order valence-corrected chi connectivity index (χ3v) is 4.18. The molecule has 2 N–H and O–H groups in total. The Morgan fingerprint density at radius 1 is 1.44 bits per heavy atom. The molecule has 2 unspecified atom stereocenters. The molecular weight excluding hydrogens is 244 g/mol. The largest absolute Gasteiger partial charge is 0.351 e. The van der Waals surface area contributed by atoms with Gasteiger partial charge in [0, 0.05) is 12.6 Å². The van der Waals surface area contributed by atoms with Gasteiger partial charge in [0.2, 0.25) is 5.91 Å². The summed E-state index contributed by atoms with van der Waals surface area (Å²) in [6.07, 6.45) is 4.20. The number of carbonyl (C=O) groups is 1. The molecule has 0 bridgehead atoms. The van der Waals surface area contributed by atoms with Crippen LogP contribution in [0.4, 0.5) is 0 Å². The Hall–Kier alpha value is -1.00. The molecule has 3 nitrogen and oxygen atoms in total. The number of rotatable bonds is 4. The van der Waals surface area contributed by atoms with Gasteiger partial charge in [-0.05, 0) is 31.2 Å². The van der Waals surface area contributed by atoms with Crippen molar-refractivity contribution in [2.75, 3.05) is 19.3 Å². The molecule has 0 spiro atoms. The van der Waals surface area contributed by atoms with Gasteiger partial charge in [-0.3, -0.25) is 4.79 Å². The monoisotopic (exact) mass is 264 g/mol. The number of piperidine rings is 1. The number of hydrogen-bond donors (Lipinski definition) is 2. The van der Waals surface area contributed by atoms with E-state index in [0.29, 0.717) is 0 Å². The van der Waals surface area contributed by atoms with Crippen molar-refractivity contribution in [2.45, 2.75) is 24.1 Å². The van der Waals surface area contributed by atoms with Crippen molar-refractivity contribution >= 4 is 17.7 Å². The second kappa shape index (κ2) is 6.81. The van der Waals surface area contributed by atoms with Crippen LogP contribution in [0, 0.1) is 0 Å². The Morgan fingerprint density at radius 2 is 2.22 bits per heavy atom. The molecule has 1 amide bonds. The van der Waals surface area contributed by atoms with Crippen molar-refractivity contribution < 1.29 is 4.79 Å². The lowest BCUT2D eigenvalue weighted by atomic mass is 10.1. The molecule has 0 saturated carbocycles. The molecular formula is C14H20N2OS. The molecule has 1 aromatic carbocycles. The minimum absolute atomic E-state index is 0.104. The van der Waals surface area contributed by atoms with E-state index in [-0.39, 0.29) is 17.2 Å². The second-order valence-electron chi connectivity index (χ2n) is 4.58. The van der Waals surface area contributed by atoms with Crippen LogP contribution in [-0.2, 0) is 4.79 Å². The molecule has 1 aromatic rings. The summed E-state index contributed by atoms with van der Waals surface area (Å²) in [6, 6.07) is 10.2. The van der Waals surface area contributed by atoms with Crippen LogP contribution in [0.3, 0.4) is 0 Å². The molecule has 0 aliphatic carbocycles. The molecule has 1 aliphatic rings. The summed E-state index contributed by atoms with van der Waals surface area (Å²) in [6.45, 7) is 1.96. The molecule has 1 saturated heterocycles. The fourth-order valence-electron chi connectivity index (χ4n) is 2.27. The molecule has 0 radical (unpaired) electrons. The zero-order valence-corrected chi connectivity index (χ0v) is 11.5. The molecule has 2 rings (SSSR count). The summed E-state index contributed by atoms with van der Waals surface area (Å²) >= 11 is 1.59. The van der Waals surface area contributed by atoms with Gasteiger partial charge in [0.15, 0.2) is 0 Å². The van der Waals surface area contributed by atoms with Crippen LogP contribution in [0.5, 0.6) is 0 Å². The minimum Gasteiger partial charge on any atom is -0.351 e. The van der Waals surface area contributed by atoms with Crippen molar-refractivity contribution in [3.05, 3.63) is 35.9 Å². The summed E-state index contributed by atoms with van der Waals surface area (Å²) in [4.78, 5) is 12.3. The third kappa shape index (κ3) is 3.50. The van der Waals surface area contributed by atoms with Crippen molar-refractivity contribution in [2.24, 2.45) is 0 Å². The molecule has 1 aliphatic heterocycles. The fraction of sp³-hybridized carbons (Fsp3) is 0.500. The standard InChI is InChI=1S/C14H20N2OS/c1-18-13(11-6-3-2-4-7-11)14(17)16-12-8-5-9-15-10-12/h2-4,6-7,12-13,15H,5,8-10H2,1H3,(H,16,17). The van der Waals surface area contributed by atoms with Gasteiger partial charge in [0.1, 0.15) is 5.25 Å². The summed E-state index contributed by atoms with van der Waals surface area (Å²) in [5.74, 6) is 0.127. The molecule has 98 valence electrons. The van der Waals surface area contributed by atoms with Gasteiger partial charge in [-0.25, -0.2) is 0 Å². The Kier molecular flexibility index (Phi) is 5.08. The highest BCUT2D eigenvalue weighted by molar-refractivity contribution is 7.99. The summed E-state index contributed by atoms with van der Waals surface area (Å²) in [7, 11) is 0. The Bertz CT molecular complexity index is 377. The molecule has 2 atom stereocenters. The van der Waals surface area contributed by atoms with E-state index in [0.717, 1.165) is 31.5 Å². The molecule has 18 heavy (non-hydrogen) atoms. The van der Waals surface area contributed by atoms with Gasteiger partial charge in [0.05, 0.1) is 0 Å². The Labute approximate surface area is 113 Å². The van der Waals surface area contributed by atoms with Crippen LogP contribution in [0.25, 0.3) is 0 Å². The average molecular weight is 264 g/mol.